The van der Waals surface area contributed by atoms with Gasteiger partial charge in [-0.2, -0.15) is 0 Å². The summed E-state index contributed by atoms with van der Waals surface area (Å²) in [5.41, 5.74) is 10.3. The first-order valence-electron chi connectivity index (χ1n) is 13.7. The first-order chi connectivity index (χ1) is 18.9. The van der Waals surface area contributed by atoms with Gasteiger partial charge in [-0.05, 0) is 67.5 Å². The van der Waals surface area contributed by atoms with E-state index in [4.69, 9.17) is 25.7 Å². The minimum atomic E-state index is -0.581. The summed E-state index contributed by atoms with van der Waals surface area (Å²) in [4.78, 5) is 12.5. The zero-order chi connectivity index (χ0) is 27.8. The number of hydrogen-bond donors (Lipinski definition) is 5. The minimum Gasteiger partial charge on any atom is -0.490 e. The van der Waals surface area contributed by atoms with E-state index in [1.165, 1.54) is 39.2 Å². The Kier molecular flexibility index (Phi) is 9.65. The van der Waals surface area contributed by atoms with Crippen LogP contribution in [0.5, 0.6) is 5.75 Å². The molecule has 2 aliphatic rings. The summed E-state index contributed by atoms with van der Waals surface area (Å²) in [6, 6.07) is 16.1. The minimum absolute atomic E-state index is 0.0191. The summed E-state index contributed by atoms with van der Waals surface area (Å²) in [5.74, 6) is 0.782. The van der Waals surface area contributed by atoms with E-state index in [9.17, 15) is 4.79 Å². The summed E-state index contributed by atoms with van der Waals surface area (Å²) in [6.07, 6.45) is 9.85. The topological polar surface area (TPSA) is 130 Å². The van der Waals surface area contributed by atoms with E-state index >= 15 is 0 Å². The number of aliphatic hydroxyl groups excluding tert-OH is 1. The van der Waals surface area contributed by atoms with E-state index < -0.39 is 5.97 Å². The Balaban J connectivity index is 1.55. The third-order valence-corrected chi connectivity index (χ3v) is 7.73. The summed E-state index contributed by atoms with van der Waals surface area (Å²) < 4.78 is 11.3. The van der Waals surface area contributed by atoms with Crippen LogP contribution in [0.25, 0.3) is 11.1 Å². The van der Waals surface area contributed by atoms with Gasteiger partial charge in [0, 0.05) is 41.3 Å². The molecule has 0 bridgehead atoms. The molecule has 3 atom stereocenters. The van der Waals surface area contributed by atoms with Gasteiger partial charge in [-0.3, -0.25) is 0 Å². The number of benzene rings is 2. The Morgan fingerprint density at radius 2 is 1.85 bits per heavy atom. The molecule has 0 saturated heterocycles. The van der Waals surface area contributed by atoms with Crippen LogP contribution in [-0.2, 0) is 9.53 Å². The number of allylic oxidation sites excluding steroid dienone is 2. The highest BCUT2D eigenvalue weighted by Crippen LogP contribution is 2.48. The number of nitrogens with two attached hydrogens (primary N) is 1. The van der Waals surface area contributed by atoms with Crippen LogP contribution in [0.1, 0.15) is 45.4 Å². The molecule has 4 rings (SSSR count). The quantitative estimate of drug-likeness (QED) is 0.110. The SMILES string of the molecule is COC(=O)/C(C=N)=C(/Nc1cccc(-c2cccc(OC(C)C3CCCCC3)c2)c1)C1C[C@@H]1/C(N)=C/NCO. The number of nitrogens with one attached hydrogen (secondary N) is 3. The second-order valence-electron chi connectivity index (χ2n) is 10.4. The Labute approximate surface area is 230 Å². The highest BCUT2D eigenvalue weighted by Gasteiger charge is 2.44. The molecule has 0 amide bonds. The third kappa shape index (κ3) is 7.20. The molecule has 2 aromatic carbocycles. The average molecular weight is 533 g/mol. The normalized spacial score (nSPS) is 20.8. The Bertz CT molecular complexity index is 1220. The van der Waals surface area contributed by atoms with Crippen molar-refractivity contribution in [1.29, 1.82) is 5.41 Å². The number of ether oxygens (including phenoxy) is 2. The summed E-state index contributed by atoms with van der Waals surface area (Å²) in [5, 5.41) is 23.0. The van der Waals surface area contributed by atoms with E-state index in [1.54, 1.807) is 6.20 Å². The van der Waals surface area contributed by atoms with Crippen molar-refractivity contribution in [2.75, 3.05) is 19.2 Å². The van der Waals surface area contributed by atoms with Crippen LogP contribution < -0.4 is 21.1 Å². The third-order valence-electron chi connectivity index (χ3n) is 7.73. The van der Waals surface area contributed by atoms with Crippen molar-refractivity contribution in [2.24, 2.45) is 23.5 Å². The molecule has 2 saturated carbocycles. The van der Waals surface area contributed by atoms with Gasteiger partial charge in [-0.25, -0.2) is 4.79 Å². The molecule has 208 valence electrons. The van der Waals surface area contributed by atoms with Crippen LogP contribution in [0.3, 0.4) is 0 Å². The number of hydrogen-bond acceptors (Lipinski definition) is 8. The molecule has 0 radical (unpaired) electrons. The van der Waals surface area contributed by atoms with Gasteiger partial charge in [0.1, 0.15) is 12.5 Å². The lowest BCUT2D eigenvalue weighted by molar-refractivity contribution is -0.135. The maximum absolute atomic E-state index is 12.5. The van der Waals surface area contributed by atoms with Gasteiger partial charge in [0.25, 0.3) is 0 Å². The van der Waals surface area contributed by atoms with Crippen LogP contribution in [0.2, 0.25) is 0 Å². The average Bonchev–Trinajstić information content (AvgIpc) is 3.77. The van der Waals surface area contributed by atoms with Crippen LogP contribution in [0.4, 0.5) is 5.69 Å². The van der Waals surface area contributed by atoms with E-state index in [0.29, 0.717) is 23.7 Å². The second-order valence-corrected chi connectivity index (χ2v) is 10.4. The lowest BCUT2D eigenvalue weighted by Crippen LogP contribution is -2.25. The molecule has 0 heterocycles. The van der Waals surface area contributed by atoms with Crippen LogP contribution in [0.15, 0.2) is 71.7 Å². The molecule has 39 heavy (non-hydrogen) atoms. The predicted octanol–water partition coefficient (Wildman–Crippen LogP) is 5.17. The molecule has 6 N–H and O–H groups in total. The van der Waals surface area contributed by atoms with E-state index in [2.05, 4.69) is 29.7 Å². The molecule has 2 fully saturated rings. The zero-order valence-corrected chi connectivity index (χ0v) is 22.8. The smallest absolute Gasteiger partial charge is 0.341 e. The Morgan fingerprint density at radius 1 is 1.13 bits per heavy atom. The van der Waals surface area contributed by atoms with Gasteiger partial charge in [-0.1, -0.05) is 43.5 Å². The maximum Gasteiger partial charge on any atom is 0.341 e. The van der Waals surface area contributed by atoms with Crippen LogP contribution >= 0.6 is 0 Å². The van der Waals surface area contributed by atoms with Gasteiger partial charge in [0.2, 0.25) is 0 Å². The van der Waals surface area contributed by atoms with E-state index in [1.807, 2.05) is 36.4 Å². The molecule has 2 unspecified atom stereocenters. The van der Waals surface area contributed by atoms with Gasteiger partial charge in [0.15, 0.2) is 0 Å². The van der Waals surface area contributed by atoms with Crippen molar-refractivity contribution < 1.29 is 19.4 Å². The molecule has 2 aliphatic carbocycles. The first-order valence-corrected chi connectivity index (χ1v) is 13.7. The summed E-state index contributed by atoms with van der Waals surface area (Å²) >= 11 is 0. The van der Waals surface area contributed by atoms with Crippen molar-refractivity contribution in [1.82, 2.24) is 5.32 Å². The van der Waals surface area contributed by atoms with Crippen molar-refractivity contribution >= 4 is 17.9 Å². The maximum atomic E-state index is 12.5. The van der Waals surface area contributed by atoms with Crippen LogP contribution in [0, 0.1) is 23.2 Å². The molecule has 0 aromatic heterocycles. The molecule has 2 aromatic rings. The van der Waals surface area contributed by atoms with E-state index in [-0.39, 0.29) is 30.2 Å². The van der Waals surface area contributed by atoms with Gasteiger partial charge >= 0.3 is 5.97 Å². The van der Waals surface area contributed by atoms with Crippen molar-refractivity contribution in [3.05, 3.63) is 71.7 Å². The molecule has 0 aliphatic heterocycles. The first kappa shape index (κ1) is 28.2. The van der Waals surface area contributed by atoms with Crippen molar-refractivity contribution in [3.8, 4) is 16.9 Å². The lowest BCUT2D eigenvalue weighted by atomic mass is 9.86. The number of carbonyl (C=O) groups excluding carboxylic acids is 1. The van der Waals surface area contributed by atoms with Crippen LogP contribution in [-0.4, -0.2) is 37.2 Å². The number of rotatable bonds is 12. The van der Waals surface area contributed by atoms with Crippen molar-refractivity contribution in [3.63, 3.8) is 0 Å². The fourth-order valence-electron chi connectivity index (χ4n) is 5.46. The monoisotopic (exact) mass is 532 g/mol. The highest BCUT2D eigenvalue weighted by molar-refractivity contribution is 6.09. The Hall–Kier alpha value is -3.78. The Morgan fingerprint density at radius 3 is 2.54 bits per heavy atom. The zero-order valence-electron chi connectivity index (χ0n) is 22.8. The number of carbonyl (C=O) groups is 1. The van der Waals surface area contributed by atoms with Crippen molar-refractivity contribution in [2.45, 2.75) is 51.6 Å². The molecule has 8 heteroatoms. The lowest BCUT2D eigenvalue weighted by Gasteiger charge is -2.28. The standard InChI is InChI=1S/C31H40N4O4/c1-20(21-8-4-3-5-9-21)39-25-13-7-11-23(15-25)22-10-6-12-24(14-22)35-30(28(17-32)31(37)38-2)27-16-26(27)29(33)18-34-19-36/h6-7,10-15,17-18,20-21,26-27,32,34-36H,3-5,8-9,16,19,33H2,1-2H3/b29-18-,30-28+,32-17?/t20?,26-,27?/m0/s1. The highest BCUT2D eigenvalue weighted by atomic mass is 16.5. The largest absolute Gasteiger partial charge is 0.490 e. The molecule has 0 spiro atoms. The van der Waals surface area contributed by atoms with Gasteiger partial charge in [0.05, 0.1) is 18.8 Å². The fourth-order valence-corrected chi connectivity index (χ4v) is 5.46. The molecular weight excluding hydrogens is 492 g/mol. The van der Waals surface area contributed by atoms with Gasteiger partial charge < -0.3 is 36.4 Å². The summed E-state index contributed by atoms with van der Waals surface area (Å²) in [6.45, 7) is 1.96. The number of anilines is 1. The molecular formula is C31H40N4O4. The van der Waals surface area contributed by atoms with Gasteiger partial charge in [-0.15, -0.1) is 0 Å². The molecule has 8 nitrogen and oxygen atoms in total. The summed E-state index contributed by atoms with van der Waals surface area (Å²) in [7, 11) is 1.30. The number of methoxy groups -OCH3 is 1. The predicted molar refractivity (Wildman–Crippen MR) is 154 cm³/mol. The second kappa shape index (κ2) is 13.3. The van der Waals surface area contributed by atoms with E-state index in [0.717, 1.165) is 28.8 Å². The number of aliphatic hydroxyl groups is 1. The fraction of sp³-hybridized carbons (Fsp3) is 0.419. The number of esters is 1.